The highest BCUT2D eigenvalue weighted by Crippen LogP contribution is 2.52. The van der Waals surface area contributed by atoms with Gasteiger partial charge in [-0.2, -0.15) is 0 Å². The van der Waals surface area contributed by atoms with Crippen LogP contribution in [0.2, 0.25) is 10.0 Å². The van der Waals surface area contributed by atoms with Crippen LogP contribution in [0.1, 0.15) is 40.6 Å². The van der Waals surface area contributed by atoms with E-state index in [1.54, 1.807) is 0 Å². The molecule has 0 fully saturated rings. The normalized spacial score (nSPS) is 25.0. The lowest BCUT2D eigenvalue weighted by molar-refractivity contribution is 0.424. The lowest BCUT2D eigenvalue weighted by atomic mass is 9.75. The molecule has 1 N–H and O–H groups in total. The first-order valence-electron chi connectivity index (χ1n) is 8.04. The molecule has 1 heterocycles. The van der Waals surface area contributed by atoms with Crippen LogP contribution < -0.4 is 5.32 Å². The Bertz CT molecular complexity index is 789. The summed E-state index contributed by atoms with van der Waals surface area (Å²) >= 11 is 13.0. The highest BCUT2D eigenvalue weighted by molar-refractivity contribution is 6.36. The number of hydrogen-bond acceptors (Lipinski definition) is 1. The van der Waals surface area contributed by atoms with E-state index >= 15 is 0 Å². The van der Waals surface area contributed by atoms with Gasteiger partial charge in [-0.15, -0.1) is 0 Å². The van der Waals surface area contributed by atoms with Gasteiger partial charge in [0.05, 0.1) is 6.04 Å². The van der Waals surface area contributed by atoms with E-state index in [0.29, 0.717) is 11.8 Å². The summed E-state index contributed by atoms with van der Waals surface area (Å²) < 4.78 is 0. The van der Waals surface area contributed by atoms with Crippen LogP contribution >= 0.6 is 23.2 Å². The molecule has 0 radical (unpaired) electrons. The van der Waals surface area contributed by atoms with Crippen molar-refractivity contribution in [1.82, 2.24) is 0 Å². The minimum atomic E-state index is 0.143. The maximum absolute atomic E-state index is 6.50. The lowest BCUT2D eigenvalue weighted by Crippen LogP contribution is -2.30. The zero-order chi connectivity index (χ0) is 16.1. The average molecular weight is 344 g/mol. The molecule has 3 atom stereocenters. The molecule has 1 nitrogen and oxygen atoms in total. The van der Waals surface area contributed by atoms with E-state index in [4.69, 9.17) is 23.2 Å². The van der Waals surface area contributed by atoms with Crippen molar-refractivity contribution in [2.24, 2.45) is 5.92 Å². The first-order chi connectivity index (χ1) is 11.1. The van der Waals surface area contributed by atoms with Crippen molar-refractivity contribution in [3.63, 3.8) is 0 Å². The van der Waals surface area contributed by atoms with Crippen molar-refractivity contribution < 1.29 is 0 Å². The fourth-order valence-electron chi connectivity index (χ4n) is 4.23. The third kappa shape index (κ3) is 2.38. The fourth-order valence-corrected chi connectivity index (χ4v) is 4.87. The smallest absolute Gasteiger partial charge is 0.0583 e. The van der Waals surface area contributed by atoms with Crippen LogP contribution in [0.5, 0.6) is 0 Å². The second-order valence-electron chi connectivity index (χ2n) is 6.65. The van der Waals surface area contributed by atoms with E-state index in [0.717, 1.165) is 22.0 Å². The van der Waals surface area contributed by atoms with Crippen LogP contribution in [-0.4, -0.2) is 0 Å². The molecule has 23 heavy (non-hydrogen) atoms. The third-order valence-corrected chi connectivity index (χ3v) is 5.79. The number of nitrogens with one attached hydrogen (secondary N) is 1. The number of fused-ring (bicyclic) bond motifs is 3. The van der Waals surface area contributed by atoms with Gasteiger partial charge in [-0.3, -0.25) is 0 Å². The van der Waals surface area contributed by atoms with Crippen LogP contribution in [0.25, 0.3) is 0 Å². The Morgan fingerprint density at radius 3 is 2.52 bits per heavy atom. The van der Waals surface area contributed by atoms with Crippen molar-refractivity contribution in [3.8, 4) is 0 Å². The molecular weight excluding hydrogens is 325 g/mol. The van der Waals surface area contributed by atoms with Crippen molar-refractivity contribution >= 4 is 28.9 Å². The first-order valence-corrected chi connectivity index (χ1v) is 8.80. The largest absolute Gasteiger partial charge is 0.378 e. The Balaban J connectivity index is 1.88. The molecule has 118 valence electrons. The van der Waals surface area contributed by atoms with E-state index in [-0.39, 0.29) is 6.04 Å². The molecular formula is C20H19Cl2N. The maximum atomic E-state index is 6.50. The van der Waals surface area contributed by atoms with Crippen molar-refractivity contribution in [3.05, 3.63) is 74.8 Å². The topological polar surface area (TPSA) is 12.0 Å². The monoisotopic (exact) mass is 343 g/mol. The molecule has 2 aromatic carbocycles. The van der Waals surface area contributed by atoms with Crippen LogP contribution in [-0.2, 0) is 0 Å². The fraction of sp³-hybridized carbons (Fsp3) is 0.300. The molecule has 4 rings (SSSR count). The summed E-state index contributed by atoms with van der Waals surface area (Å²) in [7, 11) is 0. The maximum Gasteiger partial charge on any atom is 0.0583 e. The third-order valence-electron chi connectivity index (χ3n) is 5.13. The van der Waals surface area contributed by atoms with E-state index in [9.17, 15) is 0 Å². The second kappa shape index (κ2) is 5.58. The van der Waals surface area contributed by atoms with Crippen molar-refractivity contribution in [1.29, 1.82) is 0 Å². The molecule has 3 unspecified atom stereocenters. The van der Waals surface area contributed by atoms with Crippen molar-refractivity contribution in [2.75, 3.05) is 5.32 Å². The average Bonchev–Trinajstić information content (AvgIpc) is 2.95. The molecule has 1 aliphatic carbocycles. The molecule has 0 bridgehead atoms. The van der Waals surface area contributed by atoms with Gasteiger partial charge < -0.3 is 5.32 Å². The Hall–Kier alpha value is -1.44. The van der Waals surface area contributed by atoms with E-state index in [2.05, 4.69) is 43.4 Å². The Kier molecular flexibility index (Phi) is 3.66. The van der Waals surface area contributed by atoms with E-state index in [1.807, 2.05) is 18.2 Å². The number of aryl methyl sites for hydroxylation is 2. The van der Waals surface area contributed by atoms with Gasteiger partial charge in [0.2, 0.25) is 0 Å². The summed E-state index contributed by atoms with van der Waals surface area (Å²) in [5.41, 5.74) is 6.31. The zero-order valence-electron chi connectivity index (χ0n) is 13.2. The summed E-state index contributed by atoms with van der Waals surface area (Å²) in [6.07, 6.45) is 5.70. The number of anilines is 1. The predicted octanol–water partition coefficient (Wildman–Crippen LogP) is 6.44. The van der Waals surface area contributed by atoms with Gasteiger partial charge in [-0.25, -0.2) is 0 Å². The summed E-state index contributed by atoms with van der Waals surface area (Å²) in [6.45, 7) is 4.35. The van der Waals surface area contributed by atoms with Gasteiger partial charge in [0.15, 0.2) is 0 Å². The number of allylic oxidation sites excluding steroid dienone is 2. The van der Waals surface area contributed by atoms with Crippen LogP contribution in [0.4, 0.5) is 5.69 Å². The summed E-state index contributed by atoms with van der Waals surface area (Å²) in [5.74, 6) is 0.894. The molecule has 2 aromatic rings. The molecule has 1 aliphatic heterocycles. The van der Waals surface area contributed by atoms with Gasteiger partial charge in [0.1, 0.15) is 0 Å². The number of rotatable bonds is 1. The lowest BCUT2D eigenvalue weighted by Gasteiger charge is -2.39. The molecule has 2 aliphatic rings. The van der Waals surface area contributed by atoms with Crippen LogP contribution in [0.3, 0.4) is 0 Å². The van der Waals surface area contributed by atoms with Gasteiger partial charge in [0, 0.05) is 27.2 Å². The van der Waals surface area contributed by atoms with Gasteiger partial charge in [0.25, 0.3) is 0 Å². The summed E-state index contributed by atoms with van der Waals surface area (Å²) in [5, 5.41) is 5.23. The van der Waals surface area contributed by atoms with Crippen molar-refractivity contribution in [2.45, 2.75) is 32.2 Å². The first kappa shape index (κ1) is 15.1. The van der Waals surface area contributed by atoms with Gasteiger partial charge >= 0.3 is 0 Å². The number of hydrogen-bond donors (Lipinski definition) is 1. The molecule has 0 saturated carbocycles. The highest BCUT2D eigenvalue weighted by atomic mass is 35.5. The number of benzene rings is 2. The van der Waals surface area contributed by atoms with E-state index in [1.165, 1.54) is 22.4 Å². The molecule has 0 aromatic heterocycles. The van der Waals surface area contributed by atoms with E-state index < -0.39 is 0 Å². The quantitative estimate of drug-likeness (QED) is 0.587. The Labute approximate surface area is 147 Å². The Morgan fingerprint density at radius 1 is 1.04 bits per heavy atom. The van der Waals surface area contributed by atoms with Crippen LogP contribution in [0, 0.1) is 19.8 Å². The minimum Gasteiger partial charge on any atom is -0.378 e. The van der Waals surface area contributed by atoms with Gasteiger partial charge in [-0.05, 0) is 61.1 Å². The standard InChI is InChI=1S/C20H19Cl2N/c1-11-9-12(2)18-13-5-3-6-14(13)20(23-17(18)10-11)19-15(21)7-4-8-16(19)22/h3-5,7-10,13-14,20,23H,6H2,1-2H3. The second-order valence-corrected chi connectivity index (χ2v) is 7.47. The zero-order valence-corrected chi connectivity index (χ0v) is 14.7. The Morgan fingerprint density at radius 2 is 1.78 bits per heavy atom. The summed E-state index contributed by atoms with van der Waals surface area (Å²) in [6, 6.07) is 10.4. The summed E-state index contributed by atoms with van der Waals surface area (Å²) in [4.78, 5) is 0. The highest BCUT2D eigenvalue weighted by Gasteiger charge is 2.40. The predicted molar refractivity (Wildman–Crippen MR) is 98.7 cm³/mol. The van der Waals surface area contributed by atoms with Crippen LogP contribution in [0.15, 0.2) is 42.5 Å². The molecule has 0 amide bonds. The molecule has 0 spiro atoms. The number of halogens is 2. The molecule has 0 saturated heterocycles. The molecule has 3 heteroatoms. The van der Waals surface area contributed by atoms with Gasteiger partial charge in [-0.1, -0.05) is 47.5 Å². The minimum absolute atomic E-state index is 0.143. The SMILES string of the molecule is Cc1cc(C)c2c(c1)NC(c1c(Cl)cccc1Cl)C1CC=CC21.